The standard InChI is InChI=1S/C11H6BrCl2N3O/c12-7-2-1-6(3-8(7)13)11(18)17-10-5-15-9(14)4-16-10/h1-5H,(H,16,17,18). The molecule has 1 N–H and O–H groups in total. The van der Waals surface area contributed by atoms with Gasteiger partial charge in [0.2, 0.25) is 0 Å². The van der Waals surface area contributed by atoms with Crippen LogP contribution in [0, 0.1) is 0 Å². The summed E-state index contributed by atoms with van der Waals surface area (Å²) < 4.78 is 0.729. The summed E-state index contributed by atoms with van der Waals surface area (Å²) in [5.41, 5.74) is 0.431. The molecule has 1 aromatic carbocycles. The number of amides is 1. The van der Waals surface area contributed by atoms with Crippen molar-refractivity contribution in [3.8, 4) is 0 Å². The number of nitrogens with zero attached hydrogens (tertiary/aromatic N) is 2. The molecule has 4 nitrogen and oxygen atoms in total. The Kier molecular flexibility index (Phi) is 4.16. The van der Waals surface area contributed by atoms with E-state index in [0.29, 0.717) is 16.4 Å². The number of carbonyl (C=O) groups excluding carboxylic acids is 1. The second-order valence-corrected chi connectivity index (χ2v) is 4.96. The van der Waals surface area contributed by atoms with Gasteiger partial charge in [0, 0.05) is 10.0 Å². The molecule has 0 aliphatic heterocycles. The highest BCUT2D eigenvalue weighted by atomic mass is 79.9. The number of rotatable bonds is 2. The van der Waals surface area contributed by atoms with Gasteiger partial charge in [0.05, 0.1) is 17.4 Å². The fourth-order valence-electron chi connectivity index (χ4n) is 1.20. The van der Waals surface area contributed by atoms with E-state index >= 15 is 0 Å². The Hall–Kier alpha value is -1.17. The van der Waals surface area contributed by atoms with Gasteiger partial charge in [0.1, 0.15) is 5.15 Å². The minimum atomic E-state index is -0.318. The highest BCUT2D eigenvalue weighted by molar-refractivity contribution is 9.10. The molecule has 7 heteroatoms. The first-order chi connectivity index (χ1) is 8.56. The van der Waals surface area contributed by atoms with Gasteiger partial charge in [-0.15, -0.1) is 0 Å². The summed E-state index contributed by atoms with van der Waals surface area (Å²) in [5, 5.41) is 3.31. The zero-order valence-corrected chi connectivity index (χ0v) is 11.9. The van der Waals surface area contributed by atoms with Crippen LogP contribution in [0.25, 0.3) is 0 Å². The molecule has 0 radical (unpaired) electrons. The highest BCUT2D eigenvalue weighted by Gasteiger charge is 2.09. The van der Waals surface area contributed by atoms with Gasteiger partial charge in [-0.3, -0.25) is 4.79 Å². The number of nitrogens with one attached hydrogen (secondary N) is 1. The average Bonchev–Trinajstić information content (AvgIpc) is 2.35. The Balaban J connectivity index is 2.16. The summed E-state index contributed by atoms with van der Waals surface area (Å²) in [5.74, 6) is 0.00413. The van der Waals surface area contributed by atoms with E-state index < -0.39 is 0 Å². The second kappa shape index (κ2) is 5.65. The molecular formula is C11H6BrCl2N3O. The van der Waals surface area contributed by atoms with Crippen LogP contribution in [0.4, 0.5) is 5.82 Å². The molecule has 1 amide bonds. The molecule has 2 aromatic rings. The third kappa shape index (κ3) is 3.19. The molecule has 0 unspecified atom stereocenters. The predicted molar refractivity (Wildman–Crippen MR) is 74.1 cm³/mol. The summed E-state index contributed by atoms with van der Waals surface area (Å²) in [6, 6.07) is 4.91. The van der Waals surface area contributed by atoms with Gasteiger partial charge in [-0.2, -0.15) is 0 Å². The Morgan fingerprint density at radius 3 is 2.61 bits per heavy atom. The molecule has 2 rings (SSSR count). The van der Waals surface area contributed by atoms with Crippen molar-refractivity contribution in [1.82, 2.24) is 9.97 Å². The molecular weight excluding hydrogens is 341 g/mol. The van der Waals surface area contributed by atoms with Crippen LogP contribution in [0.15, 0.2) is 35.1 Å². The van der Waals surface area contributed by atoms with Crippen LogP contribution in [-0.2, 0) is 0 Å². The Morgan fingerprint density at radius 2 is 2.00 bits per heavy atom. The molecule has 0 aliphatic rings. The molecule has 0 aliphatic carbocycles. The third-order valence-electron chi connectivity index (χ3n) is 2.04. The number of hydrogen-bond acceptors (Lipinski definition) is 3. The van der Waals surface area contributed by atoms with Crippen LogP contribution in [0.5, 0.6) is 0 Å². The maximum atomic E-state index is 11.9. The van der Waals surface area contributed by atoms with Crippen molar-refractivity contribution in [3.05, 3.63) is 50.8 Å². The lowest BCUT2D eigenvalue weighted by atomic mass is 10.2. The lowest BCUT2D eigenvalue weighted by Crippen LogP contribution is -2.13. The van der Waals surface area contributed by atoms with Crippen LogP contribution in [-0.4, -0.2) is 15.9 Å². The second-order valence-electron chi connectivity index (χ2n) is 3.31. The molecule has 0 saturated heterocycles. The number of aromatic nitrogens is 2. The lowest BCUT2D eigenvalue weighted by Gasteiger charge is -2.05. The van der Waals surface area contributed by atoms with Gasteiger partial charge in [-0.05, 0) is 34.1 Å². The van der Waals surface area contributed by atoms with Gasteiger partial charge in [-0.25, -0.2) is 9.97 Å². The zero-order chi connectivity index (χ0) is 13.1. The van der Waals surface area contributed by atoms with Crippen molar-refractivity contribution in [2.24, 2.45) is 0 Å². The molecule has 92 valence electrons. The summed E-state index contributed by atoms with van der Waals surface area (Å²) >= 11 is 14.8. The maximum absolute atomic E-state index is 11.9. The fraction of sp³-hybridized carbons (Fsp3) is 0. The molecule has 18 heavy (non-hydrogen) atoms. The number of benzene rings is 1. The Labute approximate surface area is 121 Å². The zero-order valence-electron chi connectivity index (χ0n) is 8.82. The van der Waals surface area contributed by atoms with E-state index in [4.69, 9.17) is 23.2 Å². The van der Waals surface area contributed by atoms with Crippen LogP contribution >= 0.6 is 39.1 Å². The van der Waals surface area contributed by atoms with Crippen LogP contribution in [0.3, 0.4) is 0 Å². The minimum Gasteiger partial charge on any atom is -0.305 e. The topological polar surface area (TPSA) is 54.9 Å². The van der Waals surface area contributed by atoms with Crippen LogP contribution in [0.2, 0.25) is 10.2 Å². The first kappa shape index (κ1) is 13.3. The Morgan fingerprint density at radius 1 is 1.22 bits per heavy atom. The summed E-state index contributed by atoms with van der Waals surface area (Å²) in [7, 11) is 0. The number of anilines is 1. The normalized spacial score (nSPS) is 10.2. The maximum Gasteiger partial charge on any atom is 0.256 e. The Bertz CT molecular complexity index is 589. The third-order valence-corrected chi connectivity index (χ3v) is 3.47. The largest absolute Gasteiger partial charge is 0.305 e. The molecule has 1 aromatic heterocycles. The molecule has 0 atom stereocenters. The van der Waals surface area contributed by atoms with Gasteiger partial charge < -0.3 is 5.32 Å². The van der Waals surface area contributed by atoms with Gasteiger partial charge in [-0.1, -0.05) is 23.2 Å². The van der Waals surface area contributed by atoms with Crippen molar-refractivity contribution >= 4 is 50.9 Å². The van der Waals surface area contributed by atoms with E-state index in [1.165, 1.54) is 12.4 Å². The number of carbonyl (C=O) groups is 1. The van der Waals surface area contributed by atoms with Gasteiger partial charge in [0.15, 0.2) is 5.82 Å². The van der Waals surface area contributed by atoms with Crippen molar-refractivity contribution < 1.29 is 4.79 Å². The predicted octanol–water partition coefficient (Wildman–Crippen LogP) is 3.80. The lowest BCUT2D eigenvalue weighted by molar-refractivity contribution is 0.102. The molecule has 0 saturated carbocycles. The fourth-order valence-corrected chi connectivity index (χ4v) is 1.73. The minimum absolute atomic E-state index is 0.264. The van der Waals surface area contributed by atoms with Crippen LogP contribution < -0.4 is 5.32 Å². The first-order valence-electron chi connectivity index (χ1n) is 4.80. The van der Waals surface area contributed by atoms with E-state index in [1.807, 2.05) is 0 Å². The monoisotopic (exact) mass is 345 g/mol. The SMILES string of the molecule is O=C(Nc1cnc(Cl)cn1)c1ccc(Br)c(Cl)c1. The van der Waals surface area contributed by atoms with E-state index in [0.717, 1.165) is 4.47 Å². The van der Waals surface area contributed by atoms with E-state index in [-0.39, 0.29) is 11.1 Å². The smallest absolute Gasteiger partial charge is 0.256 e. The van der Waals surface area contributed by atoms with Crippen molar-refractivity contribution in [2.75, 3.05) is 5.32 Å². The highest BCUT2D eigenvalue weighted by Crippen LogP contribution is 2.23. The van der Waals surface area contributed by atoms with Crippen molar-refractivity contribution in [1.29, 1.82) is 0 Å². The van der Waals surface area contributed by atoms with E-state index in [9.17, 15) is 4.79 Å². The average molecular weight is 347 g/mol. The summed E-state index contributed by atoms with van der Waals surface area (Å²) in [6.07, 6.45) is 2.73. The molecule has 1 heterocycles. The van der Waals surface area contributed by atoms with Crippen molar-refractivity contribution in [2.45, 2.75) is 0 Å². The van der Waals surface area contributed by atoms with Gasteiger partial charge in [0.25, 0.3) is 5.91 Å². The quantitative estimate of drug-likeness (QED) is 0.899. The van der Waals surface area contributed by atoms with E-state index in [2.05, 4.69) is 31.2 Å². The molecule has 0 bridgehead atoms. The van der Waals surface area contributed by atoms with Crippen LogP contribution in [0.1, 0.15) is 10.4 Å². The van der Waals surface area contributed by atoms with E-state index in [1.54, 1.807) is 18.2 Å². The summed E-state index contributed by atoms with van der Waals surface area (Å²) in [6.45, 7) is 0. The number of halogens is 3. The number of hydrogen-bond donors (Lipinski definition) is 1. The summed E-state index contributed by atoms with van der Waals surface area (Å²) in [4.78, 5) is 19.6. The molecule has 0 spiro atoms. The van der Waals surface area contributed by atoms with Gasteiger partial charge >= 0.3 is 0 Å². The molecule has 0 fully saturated rings. The van der Waals surface area contributed by atoms with Crippen molar-refractivity contribution in [3.63, 3.8) is 0 Å². The first-order valence-corrected chi connectivity index (χ1v) is 6.35.